The number of hydrogen-bond donors (Lipinski definition) is 1. The highest BCUT2D eigenvalue weighted by Crippen LogP contribution is 2.35. The normalized spacial score (nSPS) is 29.4. The number of nitrogens with zero attached hydrogens (tertiary/aromatic N) is 2. The summed E-state index contributed by atoms with van der Waals surface area (Å²) in [6.45, 7) is 1.61. The second kappa shape index (κ2) is 4.34. The van der Waals surface area contributed by atoms with Crippen LogP contribution in [0, 0.1) is 0 Å². The van der Waals surface area contributed by atoms with Crippen LogP contribution >= 0.6 is 0 Å². The van der Waals surface area contributed by atoms with Crippen molar-refractivity contribution in [2.75, 3.05) is 27.2 Å². The molecular formula is C12H23N3O. The molecule has 1 saturated heterocycles. The lowest BCUT2D eigenvalue weighted by molar-refractivity contribution is -0.129. The largest absolute Gasteiger partial charge is 0.339 e. The number of likely N-dealkylation sites (N-methyl/N-ethyl adjacent to an activating group) is 1. The second-order valence-corrected chi connectivity index (χ2v) is 5.56. The van der Waals surface area contributed by atoms with Crippen LogP contribution in [0.15, 0.2) is 0 Å². The van der Waals surface area contributed by atoms with Crippen LogP contribution in [-0.2, 0) is 4.79 Å². The van der Waals surface area contributed by atoms with Crippen LogP contribution in [0.1, 0.15) is 32.1 Å². The Morgan fingerprint density at radius 3 is 2.50 bits per heavy atom. The van der Waals surface area contributed by atoms with Crippen LogP contribution in [0.3, 0.4) is 0 Å². The van der Waals surface area contributed by atoms with Gasteiger partial charge in [0.2, 0.25) is 5.91 Å². The SMILES string of the molecule is CN(C)C1(CN2CC(N)CC2=O)CCCC1. The van der Waals surface area contributed by atoms with Crippen molar-refractivity contribution in [2.24, 2.45) is 5.73 Å². The molecule has 16 heavy (non-hydrogen) atoms. The third kappa shape index (κ3) is 2.09. The van der Waals surface area contributed by atoms with Gasteiger partial charge in [-0.1, -0.05) is 12.8 Å². The van der Waals surface area contributed by atoms with Crippen molar-refractivity contribution >= 4 is 5.91 Å². The fourth-order valence-electron chi connectivity index (χ4n) is 3.09. The highest BCUT2D eigenvalue weighted by Gasteiger charge is 2.40. The fraction of sp³-hybridized carbons (Fsp3) is 0.917. The van der Waals surface area contributed by atoms with E-state index in [1.165, 1.54) is 25.7 Å². The minimum Gasteiger partial charge on any atom is -0.339 e. The average Bonchev–Trinajstić information content (AvgIpc) is 2.76. The lowest BCUT2D eigenvalue weighted by atomic mass is 9.95. The fourth-order valence-corrected chi connectivity index (χ4v) is 3.09. The Bertz CT molecular complexity index is 271. The van der Waals surface area contributed by atoms with Crippen molar-refractivity contribution in [3.05, 3.63) is 0 Å². The number of carbonyl (C=O) groups is 1. The van der Waals surface area contributed by atoms with Crippen molar-refractivity contribution in [1.82, 2.24) is 9.80 Å². The summed E-state index contributed by atoms with van der Waals surface area (Å²) in [7, 11) is 4.26. The third-order valence-corrected chi connectivity index (χ3v) is 4.21. The first-order valence-corrected chi connectivity index (χ1v) is 6.24. The maximum Gasteiger partial charge on any atom is 0.224 e. The molecule has 0 radical (unpaired) electrons. The van der Waals surface area contributed by atoms with E-state index in [1.54, 1.807) is 0 Å². The molecule has 2 N–H and O–H groups in total. The van der Waals surface area contributed by atoms with E-state index in [1.807, 2.05) is 4.90 Å². The van der Waals surface area contributed by atoms with E-state index >= 15 is 0 Å². The summed E-state index contributed by atoms with van der Waals surface area (Å²) in [5.41, 5.74) is 6.04. The van der Waals surface area contributed by atoms with Crippen LogP contribution < -0.4 is 5.73 Å². The predicted octanol–water partition coefficient (Wildman–Crippen LogP) is 0.420. The van der Waals surface area contributed by atoms with Gasteiger partial charge in [0.1, 0.15) is 0 Å². The highest BCUT2D eigenvalue weighted by atomic mass is 16.2. The Hall–Kier alpha value is -0.610. The van der Waals surface area contributed by atoms with E-state index in [0.29, 0.717) is 6.42 Å². The minimum atomic E-state index is 0.0492. The topological polar surface area (TPSA) is 49.6 Å². The molecule has 4 heteroatoms. The van der Waals surface area contributed by atoms with Gasteiger partial charge in [-0.3, -0.25) is 4.79 Å². The molecule has 92 valence electrons. The van der Waals surface area contributed by atoms with Crippen molar-refractivity contribution < 1.29 is 4.79 Å². The van der Waals surface area contributed by atoms with E-state index in [2.05, 4.69) is 19.0 Å². The average molecular weight is 225 g/mol. The number of rotatable bonds is 3. The van der Waals surface area contributed by atoms with Crippen LogP contribution in [0.4, 0.5) is 0 Å². The molecule has 1 unspecified atom stereocenters. The summed E-state index contributed by atoms with van der Waals surface area (Å²) in [6, 6.07) is 0.0492. The van der Waals surface area contributed by atoms with Gasteiger partial charge < -0.3 is 15.5 Å². The lowest BCUT2D eigenvalue weighted by Gasteiger charge is -2.39. The molecule has 0 aromatic heterocycles. The van der Waals surface area contributed by atoms with Crippen LogP contribution in [-0.4, -0.2) is 54.5 Å². The Labute approximate surface area is 97.8 Å². The van der Waals surface area contributed by atoms with Gasteiger partial charge in [-0.2, -0.15) is 0 Å². The summed E-state index contributed by atoms with van der Waals surface area (Å²) in [4.78, 5) is 16.0. The lowest BCUT2D eigenvalue weighted by Crippen LogP contribution is -2.51. The van der Waals surface area contributed by atoms with E-state index in [0.717, 1.165) is 13.1 Å². The Balaban J connectivity index is 2.04. The monoisotopic (exact) mass is 225 g/mol. The third-order valence-electron chi connectivity index (χ3n) is 4.21. The molecule has 1 aliphatic carbocycles. The zero-order valence-corrected chi connectivity index (χ0v) is 10.4. The van der Waals surface area contributed by atoms with Crippen LogP contribution in [0.25, 0.3) is 0 Å². The molecule has 1 amide bonds. The van der Waals surface area contributed by atoms with Crippen LogP contribution in [0.2, 0.25) is 0 Å². The molecule has 1 aliphatic heterocycles. The number of likely N-dealkylation sites (tertiary alicyclic amines) is 1. The van der Waals surface area contributed by atoms with Gasteiger partial charge in [0.25, 0.3) is 0 Å². The van der Waals surface area contributed by atoms with Crippen molar-refractivity contribution in [2.45, 2.75) is 43.7 Å². The van der Waals surface area contributed by atoms with Gasteiger partial charge in [0, 0.05) is 31.1 Å². The molecule has 1 saturated carbocycles. The van der Waals surface area contributed by atoms with E-state index in [-0.39, 0.29) is 17.5 Å². The number of hydrogen-bond acceptors (Lipinski definition) is 3. The van der Waals surface area contributed by atoms with Gasteiger partial charge in [-0.05, 0) is 26.9 Å². The van der Waals surface area contributed by atoms with Crippen LogP contribution in [0.5, 0.6) is 0 Å². The maximum atomic E-state index is 11.8. The van der Waals surface area contributed by atoms with Gasteiger partial charge in [0.05, 0.1) is 0 Å². The Morgan fingerprint density at radius 1 is 1.44 bits per heavy atom. The van der Waals surface area contributed by atoms with Crippen molar-refractivity contribution in [1.29, 1.82) is 0 Å². The molecular weight excluding hydrogens is 202 g/mol. The molecule has 2 aliphatic rings. The maximum absolute atomic E-state index is 11.8. The van der Waals surface area contributed by atoms with Crippen molar-refractivity contribution in [3.8, 4) is 0 Å². The first-order valence-electron chi connectivity index (χ1n) is 6.24. The van der Waals surface area contributed by atoms with Crippen molar-refractivity contribution in [3.63, 3.8) is 0 Å². The minimum absolute atomic E-state index is 0.0492. The Kier molecular flexibility index (Phi) is 3.22. The molecule has 1 heterocycles. The van der Waals surface area contributed by atoms with Gasteiger partial charge >= 0.3 is 0 Å². The summed E-state index contributed by atoms with van der Waals surface area (Å²) >= 11 is 0. The Morgan fingerprint density at radius 2 is 2.06 bits per heavy atom. The molecule has 1 atom stereocenters. The molecule has 4 nitrogen and oxygen atoms in total. The first kappa shape index (κ1) is 11.9. The van der Waals surface area contributed by atoms with E-state index in [9.17, 15) is 4.79 Å². The summed E-state index contributed by atoms with van der Waals surface area (Å²) in [5, 5.41) is 0. The van der Waals surface area contributed by atoms with Gasteiger partial charge in [-0.25, -0.2) is 0 Å². The predicted molar refractivity (Wildman–Crippen MR) is 64.1 cm³/mol. The van der Waals surface area contributed by atoms with Gasteiger partial charge in [-0.15, -0.1) is 0 Å². The van der Waals surface area contributed by atoms with Gasteiger partial charge in [0.15, 0.2) is 0 Å². The molecule has 0 spiro atoms. The molecule has 0 aromatic rings. The number of carbonyl (C=O) groups excluding carboxylic acids is 1. The first-order chi connectivity index (χ1) is 7.53. The smallest absolute Gasteiger partial charge is 0.224 e. The zero-order chi connectivity index (χ0) is 11.8. The summed E-state index contributed by atoms with van der Waals surface area (Å²) in [6.07, 6.45) is 5.51. The zero-order valence-electron chi connectivity index (χ0n) is 10.4. The quantitative estimate of drug-likeness (QED) is 0.757. The molecule has 2 fully saturated rings. The summed E-state index contributed by atoms with van der Waals surface area (Å²) < 4.78 is 0. The standard InChI is InChI=1S/C12H23N3O/c1-14(2)12(5-3-4-6-12)9-15-8-10(13)7-11(15)16/h10H,3-9,13H2,1-2H3. The summed E-state index contributed by atoms with van der Waals surface area (Å²) in [5.74, 6) is 0.237. The molecule has 0 aromatic carbocycles. The second-order valence-electron chi connectivity index (χ2n) is 5.56. The number of amides is 1. The highest BCUT2D eigenvalue weighted by molar-refractivity contribution is 5.79. The number of nitrogens with two attached hydrogens (primary N) is 1. The van der Waals surface area contributed by atoms with E-state index < -0.39 is 0 Å². The molecule has 2 rings (SSSR count). The van der Waals surface area contributed by atoms with E-state index in [4.69, 9.17) is 5.73 Å². The molecule has 0 bridgehead atoms.